The smallest absolute Gasteiger partial charge is 0.280 e. The van der Waals surface area contributed by atoms with E-state index < -0.39 is 12.2 Å². The minimum absolute atomic E-state index is 0.0203. The van der Waals surface area contributed by atoms with Crippen molar-refractivity contribution in [3.05, 3.63) is 11.6 Å². The maximum atomic E-state index is 12.1. The van der Waals surface area contributed by atoms with Crippen LogP contribution in [0.15, 0.2) is 16.6 Å². The fourth-order valence-electron chi connectivity index (χ4n) is 1.14. The van der Waals surface area contributed by atoms with Gasteiger partial charge in [0, 0.05) is 6.21 Å². The molecule has 1 nitrogen and oxygen atoms in total. The Morgan fingerprint density at radius 1 is 1.46 bits per heavy atom. The number of hydrogen-bond donors (Lipinski definition) is 0. The van der Waals surface area contributed by atoms with Crippen LogP contribution in [0.25, 0.3) is 0 Å². The van der Waals surface area contributed by atoms with Crippen LogP contribution in [0.4, 0.5) is 13.2 Å². The van der Waals surface area contributed by atoms with Crippen molar-refractivity contribution < 1.29 is 13.2 Å². The molecule has 0 aromatic carbocycles. The van der Waals surface area contributed by atoms with Gasteiger partial charge in [-0.15, -0.1) is 0 Å². The van der Waals surface area contributed by atoms with E-state index in [1.165, 1.54) is 6.21 Å². The van der Waals surface area contributed by atoms with Gasteiger partial charge in [-0.2, -0.15) is 13.2 Å². The maximum absolute atomic E-state index is 12.1. The number of aliphatic imine (C=N–C) groups is 1. The predicted octanol–water partition coefficient (Wildman–Crippen LogP) is 2.97. The Morgan fingerprint density at radius 3 is 2.38 bits per heavy atom. The summed E-state index contributed by atoms with van der Waals surface area (Å²) in [7, 11) is 0. The first-order valence-corrected chi connectivity index (χ1v) is 4.21. The average Bonchev–Trinajstić information content (AvgIpc) is 2.03. The predicted molar refractivity (Wildman–Crippen MR) is 45.9 cm³/mol. The standard InChI is InChI=1S/C9H12F3N/c1-6(2)7-3-4-8(13-5-7)9(10,11)12/h3,5-6,8H,4H2,1-2H3. The number of halogens is 3. The highest BCUT2D eigenvalue weighted by atomic mass is 19.4. The third-order valence-corrected chi connectivity index (χ3v) is 2.02. The minimum Gasteiger partial charge on any atom is -0.280 e. The summed E-state index contributed by atoms with van der Waals surface area (Å²) in [6.07, 6.45) is -1.26. The van der Waals surface area contributed by atoms with Crippen LogP contribution in [0.1, 0.15) is 20.3 Å². The molecule has 0 saturated carbocycles. The molecule has 4 heteroatoms. The third kappa shape index (κ3) is 2.57. The molecule has 1 rings (SSSR count). The molecule has 1 heterocycles. The van der Waals surface area contributed by atoms with Crippen LogP contribution in [0.3, 0.4) is 0 Å². The van der Waals surface area contributed by atoms with Gasteiger partial charge in [0.15, 0.2) is 0 Å². The summed E-state index contributed by atoms with van der Waals surface area (Å²) in [5.74, 6) is 0.248. The minimum atomic E-state index is -4.20. The van der Waals surface area contributed by atoms with Gasteiger partial charge in [-0.1, -0.05) is 19.9 Å². The Labute approximate surface area is 75.4 Å². The molecule has 13 heavy (non-hydrogen) atoms. The van der Waals surface area contributed by atoms with Gasteiger partial charge < -0.3 is 0 Å². The average molecular weight is 191 g/mol. The summed E-state index contributed by atoms with van der Waals surface area (Å²) >= 11 is 0. The van der Waals surface area contributed by atoms with E-state index in [4.69, 9.17) is 0 Å². The molecule has 0 spiro atoms. The zero-order chi connectivity index (χ0) is 10.1. The highest BCUT2D eigenvalue weighted by Gasteiger charge is 2.39. The summed E-state index contributed by atoms with van der Waals surface area (Å²) in [5, 5.41) is 0. The lowest BCUT2D eigenvalue weighted by molar-refractivity contribution is -0.146. The molecule has 0 aromatic heterocycles. The number of hydrogen-bond acceptors (Lipinski definition) is 1. The second kappa shape index (κ2) is 3.52. The quantitative estimate of drug-likeness (QED) is 0.604. The lowest BCUT2D eigenvalue weighted by atomic mass is 9.99. The van der Waals surface area contributed by atoms with E-state index in [9.17, 15) is 13.2 Å². The monoisotopic (exact) mass is 191 g/mol. The van der Waals surface area contributed by atoms with Gasteiger partial charge in [-0.3, -0.25) is 4.99 Å². The highest BCUT2D eigenvalue weighted by molar-refractivity contribution is 5.80. The molecule has 0 N–H and O–H groups in total. The van der Waals surface area contributed by atoms with Crippen molar-refractivity contribution in [1.82, 2.24) is 0 Å². The Balaban J connectivity index is 2.64. The number of rotatable bonds is 1. The van der Waals surface area contributed by atoms with Gasteiger partial charge in [0.05, 0.1) is 0 Å². The zero-order valence-electron chi connectivity index (χ0n) is 7.60. The number of dihydropyridines is 1. The Hall–Kier alpha value is -0.800. The van der Waals surface area contributed by atoms with E-state index in [0.29, 0.717) is 0 Å². The van der Waals surface area contributed by atoms with E-state index >= 15 is 0 Å². The molecule has 1 unspecified atom stereocenters. The molecular weight excluding hydrogens is 179 g/mol. The fourth-order valence-corrected chi connectivity index (χ4v) is 1.14. The molecule has 0 amide bonds. The molecule has 0 fully saturated rings. The summed E-state index contributed by atoms with van der Waals surface area (Å²) in [4.78, 5) is 3.49. The maximum Gasteiger partial charge on any atom is 0.411 e. The lowest BCUT2D eigenvalue weighted by Gasteiger charge is -2.19. The van der Waals surface area contributed by atoms with E-state index in [1.807, 2.05) is 13.8 Å². The first kappa shape index (κ1) is 10.3. The van der Waals surface area contributed by atoms with Gasteiger partial charge in [0.2, 0.25) is 0 Å². The van der Waals surface area contributed by atoms with Crippen LogP contribution >= 0.6 is 0 Å². The topological polar surface area (TPSA) is 12.4 Å². The molecule has 1 atom stereocenters. The van der Waals surface area contributed by atoms with E-state index in [2.05, 4.69) is 4.99 Å². The van der Waals surface area contributed by atoms with Gasteiger partial charge in [-0.25, -0.2) is 0 Å². The molecular formula is C9H12F3N. The molecule has 0 aromatic rings. The summed E-state index contributed by atoms with van der Waals surface area (Å²) in [5.41, 5.74) is 0.889. The molecule has 0 aliphatic carbocycles. The zero-order valence-corrected chi connectivity index (χ0v) is 7.60. The van der Waals surface area contributed by atoms with E-state index in [1.54, 1.807) is 6.08 Å². The van der Waals surface area contributed by atoms with Crippen molar-refractivity contribution in [2.24, 2.45) is 10.9 Å². The van der Waals surface area contributed by atoms with Crippen molar-refractivity contribution in [1.29, 1.82) is 0 Å². The molecule has 1 aliphatic heterocycles. The Morgan fingerprint density at radius 2 is 2.08 bits per heavy atom. The van der Waals surface area contributed by atoms with Crippen molar-refractivity contribution in [2.45, 2.75) is 32.5 Å². The van der Waals surface area contributed by atoms with Gasteiger partial charge in [0.25, 0.3) is 0 Å². The van der Waals surface area contributed by atoms with Gasteiger partial charge in [-0.05, 0) is 17.9 Å². The van der Waals surface area contributed by atoms with E-state index in [-0.39, 0.29) is 12.3 Å². The van der Waals surface area contributed by atoms with Crippen molar-refractivity contribution in [3.8, 4) is 0 Å². The number of alkyl halides is 3. The van der Waals surface area contributed by atoms with Crippen LogP contribution in [-0.2, 0) is 0 Å². The Bertz CT molecular complexity index is 238. The number of allylic oxidation sites excluding steroid dienone is 1. The molecule has 1 aliphatic rings. The molecule has 0 radical (unpaired) electrons. The van der Waals surface area contributed by atoms with E-state index in [0.717, 1.165) is 5.57 Å². The normalized spacial score (nSPS) is 23.5. The van der Waals surface area contributed by atoms with Crippen molar-refractivity contribution in [2.75, 3.05) is 0 Å². The van der Waals surface area contributed by atoms with Crippen LogP contribution in [0.5, 0.6) is 0 Å². The first-order valence-electron chi connectivity index (χ1n) is 4.21. The fraction of sp³-hybridized carbons (Fsp3) is 0.667. The van der Waals surface area contributed by atoms with Crippen LogP contribution in [0, 0.1) is 5.92 Å². The van der Waals surface area contributed by atoms with Crippen LogP contribution in [0.2, 0.25) is 0 Å². The SMILES string of the molecule is CC(C)C1=CCC(C(F)(F)F)N=C1. The summed E-state index contributed by atoms with van der Waals surface area (Å²) in [6, 6.07) is -1.53. The molecule has 0 bridgehead atoms. The largest absolute Gasteiger partial charge is 0.411 e. The molecule has 0 saturated heterocycles. The second-order valence-corrected chi connectivity index (χ2v) is 3.43. The number of nitrogens with zero attached hydrogens (tertiary/aromatic N) is 1. The van der Waals surface area contributed by atoms with Crippen molar-refractivity contribution >= 4 is 6.21 Å². The van der Waals surface area contributed by atoms with Crippen LogP contribution < -0.4 is 0 Å². The van der Waals surface area contributed by atoms with Gasteiger partial charge >= 0.3 is 6.18 Å². The summed E-state index contributed by atoms with van der Waals surface area (Å²) < 4.78 is 36.4. The molecule has 74 valence electrons. The second-order valence-electron chi connectivity index (χ2n) is 3.43. The Kier molecular flexibility index (Phi) is 2.78. The van der Waals surface area contributed by atoms with Gasteiger partial charge in [0.1, 0.15) is 6.04 Å². The highest BCUT2D eigenvalue weighted by Crippen LogP contribution is 2.28. The summed E-state index contributed by atoms with van der Waals surface area (Å²) in [6.45, 7) is 3.87. The first-order chi connectivity index (χ1) is 5.91. The van der Waals surface area contributed by atoms with Crippen LogP contribution in [-0.4, -0.2) is 18.4 Å². The van der Waals surface area contributed by atoms with Crippen molar-refractivity contribution in [3.63, 3.8) is 0 Å². The third-order valence-electron chi connectivity index (χ3n) is 2.02. The lowest BCUT2D eigenvalue weighted by Crippen LogP contribution is -2.28.